The molecule has 0 saturated carbocycles. The second kappa shape index (κ2) is 5.87. The van der Waals surface area contributed by atoms with E-state index in [-0.39, 0.29) is 23.6 Å². The lowest BCUT2D eigenvalue weighted by Crippen LogP contribution is -2.42. The van der Waals surface area contributed by atoms with Crippen molar-refractivity contribution in [1.29, 1.82) is 0 Å². The number of anilines is 1. The van der Waals surface area contributed by atoms with Gasteiger partial charge in [-0.3, -0.25) is 4.79 Å². The molecule has 0 heterocycles. The fraction of sp³-hybridized carbons (Fsp3) is 0.500. The molecule has 1 aromatic carbocycles. The van der Waals surface area contributed by atoms with Gasteiger partial charge in [0, 0.05) is 18.7 Å². The van der Waals surface area contributed by atoms with E-state index in [4.69, 9.17) is 5.73 Å². The van der Waals surface area contributed by atoms with E-state index in [0.717, 1.165) is 11.3 Å². The number of carbonyl (C=O) groups excluding carboxylic acids is 1. The van der Waals surface area contributed by atoms with Gasteiger partial charge in [-0.15, -0.1) is 0 Å². The minimum Gasteiger partial charge on any atom is -0.508 e. The molecule has 100 valence electrons. The van der Waals surface area contributed by atoms with Crippen molar-refractivity contribution < 1.29 is 9.90 Å². The number of phenolic OH excluding ortho intramolecular Hbond substituents is 1. The van der Waals surface area contributed by atoms with Gasteiger partial charge in [-0.25, -0.2) is 0 Å². The predicted octanol–water partition coefficient (Wildman–Crippen LogP) is 2.04. The molecule has 0 bridgehead atoms. The van der Waals surface area contributed by atoms with Crippen LogP contribution in [0.2, 0.25) is 0 Å². The predicted molar refractivity (Wildman–Crippen MR) is 73.7 cm³/mol. The van der Waals surface area contributed by atoms with E-state index in [1.54, 1.807) is 23.1 Å². The summed E-state index contributed by atoms with van der Waals surface area (Å²) in [5.41, 5.74) is 7.48. The van der Waals surface area contributed by atoms with Crippen molar-refractivity contribution in [2.24, 2.45) is 11.7 Å². The third-order valence-corrected chi connectivity index (χ3v) is 3.24. The topological polar surface area (TPSA) is 66.6 Å². The number of aromatic hydroxyl groups is 1. The van der Waals surface area contributed by atoms with Crippen LogP contribution in [0.5, 0.6) is 5.75 Å². The van der Waals surface area contributed by atoms with E-state index in [2.05, 4.69) is 0 Å². The normalized spacial score (nSPS) is 14.1. The van der Waals surface area contributed by atoms with Gasteiger partial charge in [-0.05, 0) is 32.4 Å². The smallest absolute Gasteiger partial charge is 0.231 e. The maximum absolute atomic E-state index is 12.3. The summed E-state index contributed by atoms with van der Waals surface area (Å²) in [7, 11) is 0. The molecule has 1 aromatic rings. The van der Waals surface area contributed by atoms with Gasteiger partial charge in [-0.2, -0.15) is 0 Å². The first-order valence-electron chi connectivity index (χ1n) is 6.25. The van der Waals surface area contributed by atoms with Crippen molar-refractivity contribution >= 4 is 11.6 Å². The molecule has 2 atom stereocenters. The monoisotopic (exact) mass is 250 g/mol. The van der Waals surface area contributed by atoms with Crippen LogP contribution < -0.4 is 10.6 Å². The highest BCUT2D eigenvalue weighted by Crippen LogP contribution is 2.26. The molecular weight excluding hydrogens is 228 g/mol. The van der Waals surface area contributed by atoms with E-state index < -0.39 is 0 Å². The highest BCUT2D eigenvalue weighted by atomic mass is 16.3. The zero-order valence-corrected chi connectivity index (χ0v) is 11.5. The fourth-order valence-corrected chi connectivity index (χ4v) is 1.80. The van der Waals surface area contributed by atoms with Crippen LogP contribution in [0.15, 0.2) is 18.2 Å². The molecule has 0 aliphatic heterocycles. The number of hydrogen-bond donors (Lipinski definition) is 2. The third kappa shape index (κ3) is 3.01. The summed E-state index contributed by atoms with van der Waals surface area (Å²) in [6.07, 6.45) is 0. The molecule has 0 aliphatic carbocycles. The number of carbonyl (C=O) groups is 1. The Morgan fingerprint density at radius 2 is 2.06 bits per heavy atom. The average Bonchev–Trinajstić information content (AvgIpc) is 2.33. The first-order valence-corrected chi connectivity index (χ1v) is 6.25. The standard InChI is InChI=1S/C14H22N2O2/c1-5-16(14(18)10(3)11(4)15)13-8-12(17)7-6-9(13)2/h6-8,10-11,17H,5,15H2,1-4H3. The van der Waals surface area contributed by atoms with Gasteiger partial charge in [0.25, 0.3) is 0 Å². The van der Waals surface area contributed by atoms with Crippen LogP contribution >= 0.6 is 0 Å². The van der Waals surface area contributed by atoms with Crippen LogP contribution in [-0.2, 0) is 4.79 Å². The van der Waals surface area contributed by atoms with Crippen molar-refractivity contribution in [2.45, 2.75) is 33.7 Å². The van der Waals surface area contributed by atoms with E-state index in [1.807, 2.05) is 27.7 Å². The summed E-state index contributed by atoms with van der Waals surface area (Å²) in [6.45, 7) is 8.04. The minimum atomic E-state index is -0.244. The van der Waals surface area contributed by atoms with E-state index in [1.165, 1.54) is 0 Å². The molecule has 3 N–H and O–H groups in total. The molecule has 0 aliphatic rings. The maximum Gasteiger partial charge on any atom is 0.231 e. The van der Waals surface area contributed by atoms with Crippen molar-refractivity contribution in [1.82, 2.24) is 0 Å². The van der Waals surface area contributed by atoms with Crippen LogP contribution in [0, 0.1) is 12.8 Å². The number of phenols is 1. The molecule has 18 heavy (non-hydrogen) atoms. The van der Waals surface area contributed by atoms with Gasteiger partial charge >= 0.3 is 0 Å². The highest BCUT2D eigenvalue weighted by molar-refractivity contribution is 5.96. The number of benzene rings is 1. The van der Waals surface area contributed by atoms with Crippen molar-refractivity contribution in [3.05, 3.63) is 23.8 Å². The largest absolute Gasteiger partial charge is 0.508 e. The van der Waals surface area contributed by atoms with Crippen LogP contribution in [0.3, 0.4) is 0 Å². The zero-order chi connectivity index (χ0) is 13.9. The molecule has 0 saturated heterocycles. The summed E-state index contributed by atoms with van der Waals surface area (Å²) in [6, 6.07) is 4.85. The van der Waals surface area contributed by atoms with Crippen LogP contribution in [-0.4, -0.2) is 23.6 Å². The molecule has 0 radical (unpaired) electrons. The van der Waals surface area contributed by atoms with Gasteiger partial charge in [0.15, 0.2) is 0 Å². The Bertz CT molecular complexity index is 430. The Balaban J connectivity index is 3.10. The molecule has 0 spiro atoms. The molecule has 2 unspecified atom stereocenters. The van der Waals surface area contributed by atoms with Crippen LogP contribution in [0.4, 0.5) is 5.69 Å². The number of aryl methyl sites for hydroxylation is 1. The Labute approximate surface area is 108 Å². The second-order valence-corrected chi connectivity index (χ2v) is 4.70. The Morgan fingerprint density at radius 1 is 1.44 bits per heavy atom. The van der Waals surface area contributed by atoms with E-state index >= 15 is 0 Å². The van der Waals surface area contributed by atoms with Crippen LogP contribution in [0.25, 0.3) is 0 Å². The summed E-state index contributed by atoms with van der Waals surface area (Å²) in [5.74, 6) is -0.0943. The highest BCUT2D eigenvalue weighted by Gasteiger charge is 2.24. The lowest BCUT2D eigenvalue weighted by Gasteiger charge is -2.27. The molecule has 1 rings (SSSR count). The van der Waals surface area contributed by atoms with Crippen molar-refractivity contribution in [3.63, 3.8) is 0 Å². The number of rotatable bonds is 4. The average molecular weight is 250 g/mol. The summed E-state index contributed by atoms with van der Waals surface area (Å²) in [5, 5.41) is 9.55. The van der Waals surface area contributed by atoms with Gasteiger partial charge in [-0.1, -0.05) is 13.0 Å². The molecule has 0 aromatic heterocycles. The Hall–Kier alpha value is -1.55. The Morgan fingerprint density at radius 3 is 2.56 bits per heavy atom. The first kappa shape index (κ1) is 14.5. The van der Waals surface area contributed by atoms with Gasteiger partial charge in [0.2, 0.25) is 5.91 Å². The molecule has 4 heteroatoms. The number of amides is 1. The lowest BCUT2D eigenvalue weighted by molar-refractivity contribution is -0.122. The SMILES string of the molecule is CCN(C(=O)C(C)C(C)N)c1cc(O)ccc1C. The van der Waals surface area contributed by atoms with Gasteiger partial charge in [0.05, 0.1) is 11.6 Å². The zero-order valence-electron chi connectivity index (χ0n) is 11.5. The second-order valence-electron chi connectivity index (χ2n) is 4.70. The summed E-state index contributed by atoms with van der Waals surface area (Å²) >= 11 is 0. The Kier molecular flexibility index (Phi) is 4.73. The molecule has 4 nitrogen and oxygen atoms in total. The maximum atomic E-state index is 12.3. The fourth-order valence-electron chi connectivity index (χ4n) is 1.80. The van der Waals surface area contributed by atoms with Gasteiger partial charge in [0.1, 0.15) is 5.75 Å². The molecular formula is C14H22N2O2. The lowest BCUT2D eigenvalue weighted by atomic mass is 10.0. The summed E-state index contributed by atoms with van der Waals surface area (Å²) < 4.78 is 0. The summed E-state index contributed by atoms with van der Waals surface area (Å²) in [4.78, 5) is 14.0. The third-order valence-electron chi connectivity index (χ3n) is 3.24. The quantitative estimate of drug-likeness (QED) is 0.859. The van der Waals surface area contributed by atoms with Crippen molar-refractivity contribution in [3.8, 4) is 5.75 Å². The number of hydrogen-bond acceptors (Lipinski definition) is 3. The first-order chi connectivity index (χ1) is 8.38. The van der Waals surface area contributed by atoms with E-state index in [0.29, 0.717) is 6.54 Å². The number of nitrogens with two attached hydrogens (primary N) is 1. The minimum absolute atomic E-state index is 0.0128. The van der Waals surface area contributed by atoms with E-state index in [9.17, 15) is 9.90 Å². The van der Waals surface area contributed by atoms with Crippen molar-refractivity contribution in [2.75, 3.05) is 11.4 Å². The molecule has 1 amide bonds. The molecule has 0 fully saturated rings. The van der Waals surface area contributed by atoms with Gasteiger partial charge < -0.3 is 15.7 Å². The van der Waals surface area contributed by atoms with Crippen LogP contribution in [0.1, 0.15) is 26.3 Å². The number of nitrogens with zero attached hydrogens (tertiary/aromatic N) is 1.